The Balaban J connectivity index is 1.89. The Morgan fingerprint density at radius 2 is 2.00 bits per heavy atom. The van der Waals surface area contributed by atoms with E-state index in [-0.39, 0.29) is 11.1 Å². The average molecular weight is 274 g/mol. The lowest BCUT2D eigenvalue weighted by Crippen LogP contribution is -2.39. The van der Waals surface area contributed by atoms with Gasteiger partial charge in [0.15, 0.2) is 0 Å². The summed E-state index contributed by atoms with van der Waals surface area (Å²) in [5.41, 5.74) is 0.153. The smallest absolute Gasteiger partial charge is 0.272 e. The van der Waals surface area contributed by atoms with Crippen molar-refractivity contribution in [3.8, 4) is 0 Å². The van der Waals surface area contributed by atoms with E-state index in [9.17, 15) is 9.59 Å². The normalized spacial score (nSPS) is 19.1. The van der Waals surface area contributed by atoms with Gasteiger partial charge in [0.1, 0.15) is 0 Å². The second-order valence-electron chi connectivity index (χ2n) is 5.16. The quantitative estimate of drug-likeness (QED) is 0.665. The standard InChI is InChI=1S/C14H18N4O2/c19-13-10-5-3-6-11(12(10)14(20)18-17-13)16-8-9-4-1-2-7-15-9/h3,5-6,9,15-16H,1-2,4,7-8H2,(H,17,19)(H,18,20). The van der Waals surface area contributed by atoms with Gasteiger partial charge in [0.05, 0.1) is 10.8 Å². The van der Waals surface area contributed by atoms with E-state index in [0.29, 0.717) is 22.5 Å². The lowest BCUT2D eigenvalue weighted by molar-refractivity contribution is 0.414. The molecule has 2 heterocycles. The number of piperidine rings is 1. The second-order valence-corrected chi connectivity index (χ2v) is 5.16. The number of anilines is 1. The van der Waals surface area contributed by atoms with Crippen molar-refractivity contribution in [3.63, 3.8) is 0 Å². The summed E-state index contributed by atoms with van der Waals surface area (Å²) in [5.74, 6) is 0. The van der Waals surface area contributed by atoms with Crippen LogP contribution in [-0.2, 0) is 0 Å². The first-order valence-electron chi connectivity index (χ1n) is 6.96. The molecule has 0 amide bonds. The van der Waals surface area contributed by atoms with Crippen LogP contribution in [0.3, 0.4) is 0 Å². The van der Waals surface area contributed by atoms with Gasteiger partial charge in [-0.1, -0.05) is 12.5 Å². The molecule has 20 heavy (non-hydrogen) atoms. The van der Waals surface area contributed by atoms with Crippen molar-refractivity contribution in [1.82, 2.24) is 15.5 Å². The van der Waals surface area contributed by atoms with E-state index < -0.39 is 0 Å². The SMILES string of the molecule is O=c1[nH][nH]c(=O)c2c(NCC3CCCCN3)cccc12. The van der Waals surface area contributed by atoms with Crippen LogP contribution in [0, 0.1) is 0 Å². The third kappa shape index (κ3) is 2.46. The number of benzene rings is 1. The Kier molecular flexibility index (Phi) is 3.56. The van der Waals surface area contributed by atoms with Crippen molar-refractivity contribution in [3.05, 3.63) is 38.9 Å². The molecule has 6 nitrogen and oxygen atoms in total. The van der Waals surface area contributed by atoms with Crippen LogP contribution in [0.5, 0.6) is 0 Å². The zero-order valence-corrected chi connectivity index (χ0v) is 11.2. The van der Waals surface area contributed by atoms with Crippen LogP contribution in [0.4, 0.5) is 5.69 Å². The van der Waals surface area contributed by atoms with E-state index in [0.717, 1.165) is 19.5 Å². The molecule has 1 saturated heterocycles. The average Bonchev–Trinajstić information content (AvgIpc) is 2.50. The molecule has 2 aromatic rings. The first-order valence-corrected chi connectivity index (χ1v) is 6.96. The van der Waals surface area contributed by atoms with Gasteiger partial charge in [0.25, 0.3) is 11.1 Å². The Morgan fingerprint density at radius 1 is 1.15 bits per heavy atom. The van der Waals surface area contributed by atoms with Crippen molar-refractivity contribution < 1.29 is 0 Å². The molecular formula is C14H18N4O2. The number of aromatic amines is 2. The fourth-order valence-electron chi connectivity index (χ4n) is 2.71. The van der Waals surface area contributed by atoms with Crippen LogP contribution in [0.15, 0.2) is 27.8 Å². The molecule has 0 bridgehead atoms. The van der Waals surface area contributed by atoms with Crippen LogP contribution >= 0.6 is 0 Å². The maximum absolute atomic E-state index is 11.9. The molecule has 1 atom stereocenters. The third-order valence-electron chi connectivity index (χ3n) is 3.78. The van der Waals surface area contributed by atoms with Crippen molar-refractivity contribution in [2.24, 2.45) is 0 Å². The summed E-state index contributed by atoms with van der Waals surface area (Å²) >= 11 is 0. The van der Waals surface area contributed by atoms with Crippen LogP contribution < -0.4 is 21.8 Å². The fourth-order valence-corrected chi connectivity index (χ4v) is 2.71. The predicted molar refractivity (Wildman–Crippen MR) is 79.3 cm³/mol. The maximum Gasteiger partial charge on any atom is 0.272 e. The molecule has 0 saturated carbocycles. The summed E-state index contributed by atoms with van der Waals surface area (Å²) in [7, 11) is 0. The van der Waals surface area contributed by atoms with Crippen LogP contribution in [0.1, 0.15) is 19.3 Å². The molecule has 1 fully saturated rings. The molecule has 1 aliphatic rings. The number of aromatic nitrogens is 2. The van der Waals surface area contributed by atoms with E-state index in [4.69, 9.17) is 0 Å². The molecule has 4 N–H and O–H groups in total. The molecule has 0 spiro atoms. The van der Waals surface area contributed by atoms with E-state index in [1.54, 1.807) is 12.1 Å². The summed E-state index contributed by atoms with van der Waals surface area (Å²) in [6.45, 7) is 1.80. The number of hydrogen-bond acceptors (Lipinski definition) is 4. The van der Waals surface area contributed by atoms with Crippen LogP contribution in [-0.4, -0.2) is 29.3 Å². The van der Waals surface area contributed by atoms with E-state index in [2.05, 4.69) is 20.8 Å². The summed E-state index contributed by atoms with van der Waals surface area (Å²) in [6, 6.07) is 5.70. The Labute approximate surface area is 115 Å². The van der Waals surface area contributed by atoms with Gasteiger partial charge in [0, 0.05) is 18.3 Å². The highest BCUT2D eigenvalue weighted by Gasteiger charge is 2.13. The van der Waals surface area contributed by atoms with Gasteiger partial charge in [-0.15, -0.1) is 0 Å². The Morgan fingerprint density at radius 3 is 2.80 bits per heavy atom. The predicted octanol–water partition coefficient (Wildman–Crippen LogP) is 0.770. The zero-order chi connectivity index (χ0) is 13.9. The largest absolute Gasteiger partial charge is 0.383 e. The van der Waals surface area contributed by atoms with Gasteiger partial charge in [-0.3, -0.25) is 19.8 Å². The topological polar surface area (TPSA) is 89.8 Å². The third-order valence-corrected chi connectivity index (χ3v) is 3.78. The Hall–Kier alpha value is -2.08. The number of hydrogen-bond donors (Lipinski definition) is 4. The second kappa shape index (κ2) is 5.50. The highest BCUT2D eigenvalue weighted by Crippen LogP contribution is 2.17. The van der Waals surface area contributed by atoms with Gasteiger partial charge in [-0.2, -0.15) is 0 Å². The number of rotatable bonds is 3. The molecule has 106 valence electrons. The Bertz CT molecular complexity index is 713. The summed E-state index contributed by atoms with van der Waals surface area (Å²) in [5, 5.41) is 12.3. The molecule has 1 aromatic carbocycles. The van der Waals surface area contributed by atoms with Gasteiger partial charge >= 0.3 is 0 Å². The lowest BCUT2D eigenvalue weighted by Gasteiger charge is -2.24. The molecular weight excluding hydrogens is 256 g/mol. The van der Waals surface area contributed by atoms with E-state index >= 15 is 0 Å². The van der Waals surface area contributed by atoms with Crippen molar-refractivity contribution in [2.45, 2.75) is 25.3 Å². The molecule has 6 heteroatoms. The van der Waals surface area contributed by atoms with Gasteiger partial charge in [0.2, 0.25) is 0 Å². The fraction of sp³-hybridized carbons (Fsp3) is 0.429. The highest BCUT2D eigenvalue weighted by molar-refractivity contribution is 5.92. The molecule has 1 aliphatic heterocycles. The van der Waals surface area contributed by atoms with Crippen molar-refractivity contribution in [1.29, 1.82) is 0 Å². The van der Waals surface area contributed by atoms with Crippen LogP contribution in [0.25, 0.3) is 10.8 Å². The van der Waals surface area contributed by atoms with E-state index in [1.807, 2.05) is 6.07 Å². The molecule has 0 aliphatic carbocycles. The first kappa shape index (κ1) is 12.9. The van der Waals surface area contributed by atoms with Crippen LogP contribution in [0.2, 0.25) is 0 Å². The van der Waals surface area contributed by atoms with Gasteiger partial charge in [-0.05, 0) is 31.5 Å². The lowest BCUT2D eigenvalue weighted by atomic mass is 10.0. The van der Waals surface area contributed by atoms with E-state index in [1.165, 1.54) is 12.8 Å². The van der Waals surface area contributed by atoms with Gasteiger partial charge < -0.3 is 10.6 Å². The number of H-pyrrole nitrogens is 2. The maximum atomic E-state index is 11.9. The summed E-state index contributed by atoms with van der Waals surface area (Å²) in [4.78, 5) is 23.6. The molecule has 0 radical (unpaired) electrons. The zero-order valence-electron chi connectivity index (χ0n) is 11.2. The monoisotopic (exact) mass is 274 g/mol. The minimum absolute atomic E-state index is 0.278. The van der Waals surface area contributed by atoms with Gasteiger partial charge in [-0.25, -0.2) is 0 Å². The van der Waals surface area contributed by atoms with Crippen molar-refractivity contribution in [2.75, 3.05) is 18.4 Å². The highest BCUT2D eigenvalue weighted by atomic mass is 16.1. The first-order chi connectivity index (χ1) is 9.75. The molecule has 1 aromatic heterocycles. The summed E-state index contributed by atoms with van der Waals surface area (Å²) < 4.78 is 0. The number of nitrogens with one attached hydrogen (secondary N) is 4. The number of fused-ring (bicyclic) bond motifs is 1. The summed E-state index contributed by atoms with van der Waals surface area (Å²) in [6.07, 6.45) is 3.59. The van der Waals surface area contributed by atoms with Crippen molar-refractivity contribution >= 4 is 16.5 Å². The minimum Gasteiger partial charge on any atom is -0.383 e. The molecule has 1 unspecified atom stereocenters. The molecule has 3 rings (SSSR count). The minimum atomic E-state index is -0.279.